The molecule has 3 rings (SSSR count). The number of carbonyl (C=O) groups excluding carboxylic acids is 1. The molecule has 0 spiro atoms. The summed E-state index contributed by atoms with van der Waals surface area (Å²) < 4.78 is 0. The number of benzene rings is 1. The SMILES string of the molecule is CCC(CC)C(=O)Nc1sc2c(c1N)CCC(N(C)Cc1ccc(Cl)c(Cl)c1)C2. The van der Waals surface area contributed by atoms with Gasteiger partial charge in [-0.05, 0) is 62.4 Å². The Balaban J connectivity index is 1.68. The summed E-state index contributed by atoms with van der Waals surface area (Å²) in [7, 11) is 2.14. The Morgan fingerprint density at radius 1 is 1.31 bits per heavy atom. The Labute approximate surface area is 187 Å². The van der Waals surface area contributed by atoms with Gasteiger partial charge in [-0.2, -0.15) is 0 Å². The minimum Gasteiger partial charge on any atom is -0.396 e. The fraction of sp³-hybridized carbons (Fsp3) is 0.500. The molecule has 0 bridgehead atoms. The van der Waals surface area contributed by atoms with Crippen LogP contribution in [-0.4, -0.2) is 23.9 Å². The number of hydrogen-bond donors (Lipinski definition) is 2. The Hall–Kier alpha value is -1.27. The number of nitrogens with zero attached hydrogens (tertiary/aromatic N) is 1. The van der Waals surface area contributed by atoms with Crippen molar-refractivity contribution in [3.05, 3.63) is 44.2 Å². The van der Waals surface area contributed by atoms with E-state index in [1.807, 2.05) is 32.0 Å². The molecule has 1 amide bonds. The number of carbonyl (C=O) groups is 1. The molecule has 7 heteroatoms. The fourth-order valence-electron chi connectivity index (χ4n) is 3.99. The van der Waals surface area contributed by atoms with Gasteiger partial charge in [0.1, 0.15) is 5.00 Å². The molecule has 0 fully saturated rings. The number of nitrogens with two attached hydrogens (primary N) is 1. The summed E-state index contributed by atoms with van der Waals surface area (Å²) in [4.78, 5) is 16.1. The second-order valence-electron chi connectivity index (χ2n) is 7.81. The largest absolute Gasteiger partial charge is 0.396 e. The van der Waals surface area contributed by atoms with E-state index in [-0.39, 0.29) is 11.8 Å². The molecule has 3 N–H and O–H groups in total. The van der Waals surface area contributed by atoms with Crippen LogP contribution in [-0.2, 0) is 24.2 Å². The highest BCUT2D eigenvalue weighted by Gasteiger charge is 2.28. The van der Waals surface area contributed by atoms with E-state index in [0.29, 0.717) is 16.1 Å². The molecule has 0 radical (unpaired) electrons. The zero-order valence-electron chi connectivity index (χ0n) is 17.2. The highest BCUT2D eigenvalue weighted by Crippen LogP contribution is 2.41. The lowest BCUT2D eigenvalue weighted by Crippen LogP contribution is -2.35. The number of nitrogen functional groups attached to an aromatic ring is 1. The molecule has 1 heterocycles. The summed E-state index contributed by atoms with van der Waals surface area (Å²) in [6.07, 6.45) is 4.62. The van der Waals surface area contributed by atoms with Gasteiger partial charge in [-0.25, -0.2) is 0 Å². The number of hydrogen-bond acceptors (Lipinski definition) is 4. The first-order chi connectivity index (χ1) is 13.8. The Morgan fingerprint density at radius 2 is 2.03 bits per heavy atom. The maximum Gasteiger partial charge on any atom is 0.228 e. The number of thiophene rings is 1. The summed E-state index contributed by atoms with van der Waals surface area (Å²) in [5, 5.41) is 5.07. The zero-order valence-corrected chi connectivity index (χ0v) is 19.6. The smallest absolute Gasteiger partial charge is 0.228 e. The molecule has 1 aromatic heterocycles. The van der Waals surface area contributed by atoms with Crippen LogP contribution in [0.3, 0.4) is 0 Å². The maximum absolute atomic E-state index is 12.5. The standard InChI is InChI=1S/C22H29Cl2N3OS/c1-4-14(5-2)21(28)26-22-20(25)16-8-7-15(11-19(16)29-22)27(3)12-13-6-9-17(23)18(24)10-13/h6,9-10,14-15H,4-5,7-8,11-12,25H2,1-3H3,(H,26,28). The Bertz CT molecular complexity index is 879. The molecule has 1 unspecified atom stereocenters. The van der Waals surface area contributed by atoms with Crippen molar-refractivity contribution >= 4 is 51.1 Å². The van der Waals surface area contributed by atoms with E-state index in [0.717, 1.165) is 54.9 Å². The van der Waals surface area contributed by atoms with Crippen LogP contribution in [0.2, 0.25) is 10.0 Å². The number of fused-ring (bicyclic) bond motifs is 1. The first-order valence-electron chi connectivity index (χ1n) is 10.2. The number of nitrogens with one attached hydrogen (secondary N) is 1. The first kappa shape index (κ1) is 22.4. The second-order valence-corrected chi connectivity index (χ2v) is 9.73. The van der Waals surface area contributed by atoms with E-state index in [2.05, 4.69) is 17.3 Å². The van der Waals surface area contributed by atoms with Gasteiger partial charge in [0.05, 0.1) is 15.7 Å². The molecule has 1 atom stereocenters. The van der Waals surface area contributed by atoms with Crippen LogP contribution in [0, 0.1) is 5.92 Å². The molecule has 1 aliphatic rings. The van der Waals surface area contributed by atoms with Crippen molar-refractivity contribution in [2.75, 3.05) is 18.1 Å². The van der Waals surface area contributed by atoms with Crippen molar-refractivity contribution in [2.45, 2.75) is 58.5 Å². The van der Waals surface area contributed by atoms with E-state index in [1.165, 1.54) is 10.4 Å². The van der Waals surface area contributed by atoms with E-state index >= 15 is 0 Å². The molecule has 158 valence electrons. The lowest BCUT2D eigenvalue weighted by molar-refractivity contribution is -0.120. The van der Waals surface area contributed by atoms with Crippen LogP contribution < -0.4 is 11.1 Å². The van der Waals surface area contributed by atoms with Crippen molar-refractivity contribution < 1.29 is 4.79 Å². The highest BCUT2D eigenvalue weighted by atomic mass is 35.5. The van der Waals surface area contributed by atoms with Gasteiger partial charge < -0.3 is 11.1 Å². The van der Waals surface area contributed by atoms with Crippen LogP contribution in [0.1, 0.15) is 49.1 Å². The van der Waals surface area contributed by atoms with Crippen molar-refractivity contribution in [1.82, 2.24) is 4.90 Å². The van der Waals surface area contributed by atoms with Gasteiger partial charge in [-0.1, -0.05) is 43.1 Å². The van der Waals surface area contributed by atoms with Gasteiger partial charge >= 0.3 is 0 Å². The predicted octanol–water partition coefficient (Wildman–Crippen LogP) is 6.00. The van der Waals surface area contributed by atoms with Gasteiger partial charge in [0.2, 0.25) is 5.91 Å². The van der Waals surface area contributed by atoms with Crippen LogP contribution in [0.5, 0.6) is 0 Å². The lowest BCUT2D eigenvalue weighted by atomic mass is 9.92. The lowest BCUT2D eigenvalue weighted by Gasteiger charge is -2.31. The van der Waals surface area contributed by atoms with Gasteiger partial charge in [0.15, 0.2) is 0 Å². The third-order valence-electron chi connectivity index (χ3n) is 5.91. The monoisotopic (exact) mass is 453 g/mol. The van der Waals surface area contributed by atoms with Gasteiger partial charge in [0.25, 0.3) is 0 Å². The number of amides is 1. The molecular formula is C22H29Cl2N3OS. The van der Waals surface area contributed by atoms with Gasteiger partial charge in [0, 0.05) is 23.4 Å². The van der Waals surface area contributed by atoms with Crippen molar-refractivity contribution in [1.29, 1.82) is 0 Å². The number of anilines is 2. The van der Waals surface area contributed by atoms with Crippen LogP contribution in [0.4, 0.5) is 10.7 Å². The molecule has 1 aliphatic carbocycles. The van der Waals surface area contributed by atoms with E-state index in [4.69, 9.17) is 28.9 Å². The number of halogens is 2. The van der Waals surface area contributed by atoms with Crippen molar-refractivity contribution in [3.63, 3.8) is 0 Å². The average molecular weight is 454 g/mol. The molecule has 0 saturated heterocycles. The van der Waals surface area contributed by atoms with Crippen LogP contribution in [0.25, 0.3) is 0 Å². The van der Waals surface area contributed by atoms with Gasteiger partial charge in [-0.3, -0.25) is 9.69 Å². The van der Waals surface area contributed by atoms with Crippen molar-refractivity contribution in [3.8, 4) is 0 Å². The number of likely N-dealkylation sites (N-methyl/N-ethyl adjacent to an activating group) is 1. The minimum absolute atomic E-state index is 0.0404. The Morgan fingerprint density at radius 3 is 2.69 bits per heavy atom. The minimum atomic E-state index is 0.0404. The van der Waals surface area contributed by atoms with Crippen LogP contribution in [0.15, 0.2) is 18.2 Å². The summed E-state index contributed by atoms with van der Waals surface area (Å²) >= 11 is 13.8. The highest BCUT2D eigenvalue weighted by molar-refractivity contribution is 7.17. The normalized spacial score (nSPS) is 16.3. The quantitative estimate of drug-likeness (QED) is 0.539. The summed E-state index contributed by atoms with van der Waals surface area (Å²) in [6.45, 7) is 4.91. The summed E-state index contributed by atoms with van der Waals surface area (Å²) in [5.74, 6) is 0.118. The summed E-state index contributed by atoms with van der Waals surface area (Å²) in [6, 6.07) is 6.23. The molecule has 4 nitrogen and oxygen atoms in total. The topological polar surface area (TPSA) is 58.4 Å². The Kier molecular flexibility index (Phi) is 7.49. The first-order valence-corrected chi connectivity index (χ1v) is 11.8. The molecule has 0 aliphatic heterocycles. The van der Waals surface area contributed by atoms with E-state index in [9.17, 15) is 4.79 Å². The second kappa shape index (κ2) is 9.69. The van der Waals surface area contributed by atoms with Crippen molar-refractivity contribution in [2.24, 2.45) is 5.92 Å². The molecule has 1 aromatic carbocycles. The molecule has 2 aromatic rings. The molecule has 0 saturated carbocycles. The fourth-order valence-corrected chi connectivity index (χ4v) is 5.55. The van der Waals surface area contributed by atoms with E-state index < -0.39 is 0 Å². The maximum atomic E-state index is 12.5. The third kappa shape index (κ3) is 5.08. The van der Waals surface area contributed by atoms with Gasteiger partial charge in [-0.15, -0.1) is 11.3 Å². The van der Waals surface area contributed by atoms with E-state index in [1.54, 1.807) is 11.3 Å². The summed E-state index contributed by atoms with van der Waals surface area (Å²) in [5.41, 5.74) is 9.51. The average Bonchev–Trinajstić information content (AvgIpc) is 3.00. The molecule has 29 heavy (non-hydrogen) atoms. The third-order valence-corrected chi connectivity index (χ3v) is 7.84. The van der Waals surface area contributed by atoms with Crippen LogP contribution >= 0.6 is 34.5 Å². The molecular weight excluding hydrogens is 425 g/mol. The zero-order chi connectivity index (χ0) is 21.1. The number of rotatable bonds is 7. The predicted molar refractivity (Wildman–Crippen MR) is 125 cm³/mol.